The van der Waals surface area contributed by atoms with Crippen LogP contribution in [0.4, 0.5) is 5.69 Å². The third kappa shape index (κ3) is 2.64. The van der Waals surface area contributed by atoms with Gasteiger partial charge < -0.3 is 10.2 Å². The van der Waals surface area contributed by atoms with E-state index in [9.17, 15) is 4.79 Å². The van der Waals surface area contributed by atoms with Crippen LogP contribution in [0.1, 0.15) is 35.9 Å². The van der Waals surface area contributed by atoms with Gasteiger partial charge in [-0.2, -0.15) is 0 Å². The van der Waals surface area contributed by atoms with E-state index in [2.05, 4.69) is 31.3 Å². The Balaban J connectivity index is 2.03. The maximum Gasteiger partial charge on any atom is 0.257 e. The molecule has 1 aliphatic rings. The minimum Gasteiger partial charge on any atom is -0.361 e. The maximum absolute atomic E-state index is 12.8. The molecule has 3 heteroatoms. The molecule has 1 aliphatic heterocycles. The van der Waals surface area contributed by atoms with E-state index in [0.717, 1.165) is 23.4 Å². The molecule has 0 spiro atoms. The minimum absolute atomic E-state index is 0.101. The molecule has 1 atom stereocenters. The lowest BCUT2D eigenvalue weighted by atomic mass is 10.0. The average molecular weight is 280 g/mol. The van der Waals surface area contributed by atoms with E-state index in [1.54, 1.807) is 0 Å². The molecule has 0 aliphatic carbocycles. The summed E-state index contributed by atoms with van der Waals surface area (Å²) < 4.78 is 0. The molecule has 0 bridgehead atoms. The zero-order valence-electron chi connectivity index (χ0n) is 12.4. The zero-order chi connectivity index (χ0) is 14.8. The highest BCUT2D eigenvalue weighted by Gasteiger charge is 2.32. The summed E-state index contributed by atoms with van der Waals surface area (Å²) >= 11 is 0. The number of nitrogens with zero attached hydrogens (tertiary/aromatic N) is 1. The van der Waals surface area contributed by atoms with Crippen LogP contribution in [0.2, 0.25) is 0 Å². The summed E-state index contributed by atoms with van der Waals surface area (Å²) in [6, 6.07) is 17.9. The van der Waals surface area contributed by atoms with Crippen LogP contribution >= 0.6 is 0 Å². The summed E-state index contributed by atoms with van der Waals surface area (Å²) in [5, 5.41) is 3.50. The lowest BCUT2D eigenvalue weighted by Crippen LogP contribution is -2.44. The van der Waals surface area contributed by atoms with Crippen molar-refractivity contribution in [3.8, 4) is 0 Å². The summed E-state index contributed by atoms with van der Waals surface area (Å²) in [5.74, 6) is 0.527. The van der Waals surface area contributed by atoms with Gasteiger partial charge in [0.05, 0.1) is 5.56 Å². The Labute approximate surface area is 125 Å². The Kier molecular flexibility index (Phi) is 3.65. The third-order valence-corrected chi connectivity index (χ3v) is 3.70. The average Bonchev–Trinajstić information content (AvgIpc) is 2.50. The number of benzene rings is 2. The van der Waals surface area contributed by atoms with Gasteiger partial charge in [-0.25, -0.2) is 0 Å². The van der Waals surface area contributed by atoms with Crippen LogP contribution in [-0.2, 0) is 0 Å². The fourth-order valence-electron chi connectivity index (χ4n) is 2.77. The molecular formula is C18H20N2O. The first-order valence-electron chi connectivity index (χ1n) is 7.38. The fraction of sp³-hybridized carbons (Fsp3) is 0.278. The molecule has 1 amide bonds. The van der Waals surface area contributed by atoms with Crippen molar-refractivity contribution in [3.63, 3.8) is 0 Å². The second-order valence-electron chi connectivity index (χ2n) is 5.85. The maximum atomic E-state index is 12.8. The number of anilines is 1. The SMILES string of the molecule is CC(C)CN1C(=O)c2ccccc2NC1c1ccccc1. The Morgan fingerprint density at radius 1 is 1.05 bits per heavy atom. The molecule has 3 rings (SSSR count). The molecule has 0 saturated carbocycles. The molecule has 0 radical (unpaired) electrons. The van der Waals surface area contributed by atoms with Crippen LogP contribution in [0.15, 0.2) is 54.6 Å². The van der Waals surface area contributed by atoms with Crippen LogP contribution in [0, 0.1) is 5.92 Å². The van der Waals surface area contributed by atoms with Crippen LogP contribution < -0.4 is 5.32 Å². The summed E-state index contributed by atoms with van der Waals surface area (Å²) in [6.07, 6.45) is -0.101. The number of carbonyl (C=O) groups is 1. The van der Waals surface area contributed by atoms with Crippen LogP contribution in [0.25, 0.3) is 0 Å². The van der Waals surface area contributed by atoms with E-state index < -0.39 is 0 Å². The van der Waals surface area contributed by atoms with Crippen molar-refractivity contribution >= 4 is 11.6 Å². The largest absolute Gasteiger partial charge is 0.361 e. The second-order valence-corrected chi connectivity index (χ2v) is 5.85. The lowest BCUT2D eigenvalue weighted by molar-refractivity contribution is 0.0658. The van der Waals surface area contributed by atoms with Crippen LogP contribution in [-0.4, -0.2) is 17.4 Å². The van der Waals surface area contributed by atoms with Gasteiger partial charge in [0.1, 0.15) is 6.17 Å². The quantitative estimate of drug-likeness (QED) is 0.924. The number of para-hydroxylation sites is 1. The van der Waals surface area contributed by atoms with Gasteiger partial charge in [-0.05, 0) is 23.6 Å². The Hall–Kier alpha value is -2.29. The lowest BCUT2D eigenvalue weighted by Gasteiger charge is -2.39. The number of hydrogen-bond acceptors (Lipinski definition) is 2. The predicted molar refractivity (Wildman–Crippen MR) is 85.1 cm³/mol. The van der Waals surface area contributed by atoms with E-state index >= 15 is 0 Å². The van der Waals surface area contributed by atoms with Crippen molar-refractivity contribution in [1.82, 2.24) is 4.90 Å². The van der Waals surface area contributed by atoms with Crippen LogP contribution in [0.3, 0.4) is 0 Å². The molecule has 0 saturated heterocycles. The van der Waals surface area contributed by atoms with Crippen molar-refractivity contribution in [3.05, 3.63) is 65.7 Å². The van der Waals surface area contributed by atoms with E-state index in [4.69, 9.17) is 0 Å². The summed E-state index contributed by atoms with van der Waals surface area (Å²) in [6.45, 7) is 5.01. The van der Waals surface area contributed by atoms with Crippen molar-refractivity contribution in [1.29, 1.82) is 0 Å². The minimum atomic E-state index is -0.101. The fourth-order valence-corrected chi connectivity index (χ4v) is 2.77. The Morgan fingerprint density at radius 3 is 2.43 bits per heavy atom. The third-order valence-electron chi connectivity index (χ3n) is 3.70. The van der Waals surface area contributed by atoms with E-state index in [-0.39, 0.29) is 12.1 Å². The van der Waals surface area contributed by atoms with Crippen molar-refractivity contribution in [2.75, 3.05) is 11.9 Å². The van der Waals surface area contributed by atoms with E-state index in [1.807, 2.05) is 47.4 Å². The van der Waals surface area contributed by atoms with Crippen LogP contribution in [0.5, 0.6) is 0 Å². The molecule has 2 aromatic rings. The Bertz CT molecular complexity index is 637. The van der Waals surface area contributed by atoms with Gasteiger partial charge in [0.25, 0.3) is 5.91 Å². The molecule has 2 aromatic carbocycles. The molecule has 0 aromatic heterocycles. The van der Waals surface area contributed by atoms with Gasteiger partial charge in [-0.3, -0.25) is 4.79 Å². The molecule has 1 unspecified atom stereocenters. The predicted octanol–water partition coefficient (Wildman–Crippen LogP) is 3.91. The Morgan fingerprint density at radius 2 is 1.71 bits per heavy atom. The van der Waals surface area contributed by atoms with Crippen molar-refractivity contribution < 1.29 is 4.79 Å². The smallest absolute Gasteiger partial charge is 0.257 e. The monoisotopic (exact) mass is 280 g/mol. The normalized spacial score (nSPS) is 17.6. The topological polar surface area (TPSA) is 32.3 Å². The summed E-state index contributed by atoms with van der Waals surface area (Å²) in [7, 11) is 0. The first-order chi connectivity index (χ1) is 10.2. The molecule has 108 valence electrons. The summed E-state index contributed by atoms with van der Waals surface area (Å²) in [4.78, 5) is 14.8. The number of carbonyl (C=O) groups excluding carboxylic acids is 1. The zero-order valence-corrected chi connectivity index (χ0v) is 12.4. The molecule has 3 nitrogen and oxygen atoms in total. The first-order valence-corrected chi connectivity index (χ1v) is 7.38. The molecular weight excluding hydrogens is 260 g/mol. The number of fused-ring (bicyclic) bond motifs is 1. The number of hydrogen-bond donors (Lipinski definition) is 1. The highest BCUT2D eigenvalue weighted by Crippen LogP contribution is 2.33. The standard InChI is InChI=1S/C18H20N2O/c1-13(2)12-20-17(14-8-4-3-5-9-14)19-16-11-7-6-10-15(16)18(20)21/h3-11,13,17,19H,12H2,1-2H3. The number of amides is 1. The van der Waals surface area contributed by atoms with Gasteiger partial charge in [-0.1, -0.05) is 56.3 Å². The van der Waals surface area contributed by atoms with E-state index in [1.165, 1.54) is 0 Å². The number of rotatable bonds is 3. The second kappa shape index (κ2) is 5.60. The van der Waals surface area contributed by atoms with Gasteiger partial charge in [-0.15, -0.1) is 0 Å². The first kappa shape index (κ1) is 13.7. The molecule has 21 heavy (non-hydrogen) atoms. The summed E-state index contributed by atoms with van der Waals surface area (Å²) in [5.41, 5.74) is 2.78. The van der Waals surface area contributed by atoms with E-state index in [0.29, 0.717) is 5.92 Å². The molecule has 0 fully saturated rings. The van der Waals surface area contributed by atoms with Crippen molar-refractivity contribution in [2.24, 2.45) is 5.92 Å². The van der Waals surface area contributed by atoms with Gasteiger partial charge in [0.2, 0.25) is 0 Å². The van der Waals surface area contributed by atoms with Gasteiger partial charge >= 0.3 is 0 Å². The van der Waals surface area contributed by atoms with Gasteiger partial charge in [0.15, 0.2) is 0 Å². The van der Waals surface area contributed by atoms with Crippen molar-refractivity contribution in [2.45, 2.75) is 20.0 Å². The molecule has 1 N–H and O–H groups in total. The highest BCUT2D eigenvalue weighted by molar-refractivity contribution is 6.01. The van der Waals surface area contributed by atoms with Gasteiger partial charge in [0, 0.05) is 12.2 Å². The molecule has 1 heterocycles. The number of nitrogens with one attached hydrogen (secondary N) is 1. The highest BCUT2D eigenvalue weighted by atomic mass is 16.2.